The fraction of sp³-hybridized carbons (Fsp3) is 0.533. The van der Waals surface area contributed by atoms with Crippen LogP contribution in [0.5, 0.6) is 0 Å². The number of nitrogens with one attached hydrogen (secondary N) is 2. The van der Waals surface area contributed by atoms with Crippen LogP contribution in [0.4, 0.5) is 9.18 Å². The molecule has 0 heterocycles. The molecule has 0 spiro atoms. The number of aliphatic hydroxyl groups excluding tert-OH is 1. The van der Waals surface area contributed by atoms with Gasteiger partial charge in [-0.2, -0.15) is 0 Å². The maximum atomic E-state index is 12.9. The van der Waals surface area contributed by atoms with Gasteiger partial charge in [0.2, 0.25) is 0 Å². The molecule has 4 nitrogen and oxygen atoms in total. The first-order chi connectivity index (χ1) is 9.52. The van der Waals surface area contributed by atoms with Crippen molar-refractivity contribution >= 4 is 6.03 Å². The van der Waals surface area contributed by atoms with E-state index >= 15 is 0 Å². The molecule has 1 aliphatic carbocycles. The Kier molecular flexibility index (Phi) is 4.60. The number of halogens is 1. The highest BCUT2D eigenvalue weighted by Gasteiger charge is 2.44. The van der Waals surface area contributed by atoms with Gasteiger partial charge in [0.1, 0.15) is 5.82 Å². The van der Waals surface area contributed by atoms with Crippen molar-refractivity contribution in [1.82, 2.24) is 10.6 Å². The number of hydrogen-bond donors (Lipinski definition) is 3. The molecule has 20 heavy (non-hydrogen) atoms. The zero-order valence-electron chi connectivity index (χ0n) is 11.7. The van der Waals surface area contributed by atoms with Crippen molar-refractivity contribution in [2.24, 2.45) is 0 Å². The van der Waals surface area contributed by atoms with Gasteiger partial charge in [0.15, 0.2) is 0 Å². The summed E-state index contributed by atoms with van der Waals surface area (Å²) in [6, 6.07) is 6.26. The average Bonchev–Trinajstić information content (AvgIpc) is 3.18. The molecule has 0 bridgehead atoms. The van der Waals surface area contributed by atoms with Crippen LogP contribution in [0, 0.1) is 5.82 Å². The molecular weight excluding hydrogens is 259 g/mol. The second-order valence-corrected chi connectivity index (χ2v) is 5.53. The molecule has 1 fully saturated rings. The van der Waals surface area contributed by atoms with Crippen LogP contribution in [-0.4, -0.2) is 30.3 Å². The molecule has 1 saturated carbocycles. The highest BCUT2D eigenvalue weighted by atomic mass is 19.1. The number of benzene rings is 1. The lowest BCUT2D eigenvalue weighted by Crippen LogP contribution is -2.40. The number of aliphatic hydroxyl groups is 1. The Bertz CT molecular complexity index is 455. The number of carbonyl (C=O) groups is 1. The summed E-state index contributed by atoms with van der Waals surface area (Å²) < 4.78 is 12.9. The summed E-state index contributed by atoms with van der Waals surface area (Å²) in [6.45, 7) is 2.69. The summed E-state index contributed by atoms with van der Waals surface area (Å²) >= 11 is 0. The molecule has 0 aromatic heterocycles. The molecule has 0 saturated heterocycles. The third kappa shape index (κ3) is 3.93. The van der Waals surface area contributed by atoms with Crippen LogP contribution in [0.2, 0.25) is 0 Å². The molecule has 5 heteroatoms. The quantitative estimate of drug-likeness (QED) is 0.745. The molecule has 2 rings (SSSR count). The first-order valence-electron chi connectivity index (χ1n) is 6.98. The van der Waals surface area contributed by atoms with Crippen molar-refractivity contribution in [3.63, 3.8) is 0 Å². The van der Waals surface area contributed by atoms with Crippen molar-refractivity contribution in [2.75, 3.05) is 13.1 Å². The highest BCUT2D eigenvalue weighted by Crippen LogP contribution is 2.47. The molecular formula is C15H21FN2O2. The van der Waals surface area contributed by atoms with Crippen molar-refractivity contribution in [2.45, 2.75) is 37.7 Å². The van der Waals surface area contributed by atoms with Crippen LogP contribution in [0.15, 0.2) is 24.3 Å². The lowest BCUT2D eigenvalue weighted by atomic mass is 9.96. The first-order valence-corrected chi connectivity index (χ1v) is 6.98. The van der Waals surface area contributed by atoms with Crippen LogP contribution in [0.1, 0.15) is 31.7 Å². The zero-order chi connectivity index (χ0) is 14.6. The molecule has 1 aromatic rings. The molecule has 1 aromatic carbocycles. The van der Waals surface area contributed by atoms with Crippen molar-refractivity contribution < 1.29 is 14.3 Å². The Balaban J connectivity index is 1.78. The Morgan fingerprint density at radius 1 is 1.35 bits per heavy atom. The van der Waals surface area contributed by atoms with Gasteiger partial charge < -0.3 is 15.7 Å². The normalized spacial score (nSPS) is 17.4. The van der Waals surface area contributed by atoms with Gasteiger partial charge in [-0.15, -0.1) is 0 Å². The summed E-state index contributed by atoms with van der Waals surface area (Å²) in [5, 5.41) is 14.7. The van der Waals surface area contributed by atoms with Gasteiger partial charge in [-0.05, 0) is 43.9 Å². The Morgan fingerprint density at radius 2 is 2.00 bits per heavy atom. The number of rotatable bonds is 6. The van der Waals surface area contributed by atoms with Crippen LogP contribution in [-0.2, 0) is 5.41 Å². The third-order valence-electron chi connectivity index (χ3n) is 3.75. The summed E-state index contributed by atoms with van der Waals surface area (Å²) in [5.74, 6) is -0.242. The van der Waals surface area contributed by atoms with Crippen LogP contribution in [0.25, 0.3) is 0 Å². The van der Waals surface area contributed by atoms with Gasteiger partial charge >= 0.3 is 6.03 Å². The second kappa shape index (κ2) is 6.22. The van der Waals surface area contributed by atoms with Gasteiger partial charge in [-0.1, -0.05) is 12.1 Å². The number of amides is 2. The second-order valence-electron chi connectivity index (χ2n) is 5.53. The molecule has 110 valence electrons. The van der Waals surface area contributed by atoms with Crippen LogP contribution < -0.4 is 10.6 Å². The van der Waals surface area contributed by atoms with E-state index in [1.165, 1.54) is 12.1 Å². The monoisotopic (exact) mass is 280 g/mol. The SMILES string of the molecule is CC(O)CCNC(=O)NCC1(c2ccc(F)cc2)CC1. The van der Waals surface area contributed by atoms with E-state index in [-0.39, 0.29) is 17.3 Å². The molecule has 1 unspecified atom stereocenters. The van der Waals surface area contributed by atoms with Gasteiger partial charge in [0.05, 0.1) is 6.10 Å². The first kappa shape index (κ1) is 14.8. The van der Waals surface area contributed by atoms with Crippen LogP contribution >= 0.6 is 0 Å². The van der Waals surface area contributed by atoms with Gasteiger partial charge in [-0.3, -0.25) is 0 Å². The van der Waals surface area contributed by atoms with E-state index in [0.717, 1.165) is 18.4 Å². The van der Waals surface area contributed by atoms with E-state index in [1.54, 1.807) is 19.1 Å². The van der Waals surface area contributed by atoms with E-state index in [1.807, 2.05) is 0 Å². The number of carbonyl (C=O) groups excluding carboxylic acids is 1. The highest BCUT2D eigenvalue weighted by molar-refractivity contribution is 5.74. The fourth-order valence-electron chi connectivity index (χ4n) is 2.23. The van der Waals surface area contributed by atoms with Gasteiger partial charge in [0.25, 0.3) is 0 Å². The van der Waals surface area contributed by atoms with E-state index in [2.05, 4.69) is 10.6 Å². The minimum absolute atomic E-state index is 0.0324. The number of hydrogen-bond acceptors (Lipinski definition) is 2. The molecule has 1 aliphatic rings. The maximum absolute atomic E-state index is 12.9. The van der Waals surface area contributed by atoms with E-state index in [0.29, 0.717) is 19.5 Å². The summed E-state index contributed by atoms with van der Waals surface area (Å²) in [4.78, 5) is 11.6. The predicted octanol–water partition coefficient (Wildman–Crippen LogP) is 1.93. The minimum atomic E-state index is -0.413. The lowest BCUT2D eigenvalue weighted by molar-refractivity contribution is 0.183. The average molecular weight is 280 g/mol. The van der Waals surface area contributed by atoms with Crippen molar-refractivity contribution in [3.05, 3.63) is 35.6 Å². The molecule has 3 N–H and O–H groups in total. The molecule has 0 radical (unpaired) electrons. The Hall–Kier alpha value is -1.62. The van der Waals surface area contributed by atoms with Crippen molar-refractivity contribution in [1.29, 1.82) is 0 Å². The smallest absolute Gasteiger partial charge is 0.314 e. The topological polar surface area (TPSA) is 61.4 Å². The van der Waals surface area contributed by atoms with E-state index < -0.39 is 6.10 Å². The standard InChI is InChI=1S/C15H21FN2O2/c1-11(19)6-9-17-14(20)18-10-15(7-8-15)12-2-4-13(16)5-3-12/h2-5,11,19H,6-10H2,1H3,(H2,17,18,20). The van der Waals surface area contributed by atoms with Crippen LogP contribution in [0.3, 0.4) is 0 Å². The predicted molar refractivity (Wildman–Crippen MR) is 75.0 cm³/mol. The third-order valence-corrected chi connectivity index (χ3v) is 3.75. The molecule has 1 atom stereocenters. The molecule has 0 aliphatic heterocycles. The van der Waals surface area contributed by atoms with Gasteiger partial charge in [0, 0.05) is 18.5 Å². The Morgan fingerprint density at radius 3 is 2.55 bits per heavy atom. The summed E-state index contributed by atoms with van der Waals surface area (Å²) in [5.41, 5.74) is 1.04. The number of urea groups is 1. The van der Waals surface area contributed by atoms with Gasteiger partial charge in [-0.25, -0.2) is 9.18 Å². The molecule has 2 amide bonds. The zero-order valence-corrected chi connectivity index (χ0v) is 11.7. The summed E-state index contributed by atoms with van der Waals surface area (Å²) in [6.07, 6.45) is 2.14. The Labute approximate surface area is 118 Å². The minimum Gasteiger partial charge on any atom is -0.393 e. The maximum Gasteiger partial charge on any atom is 0.314 e. The largest absolute Gasteiger partial charge is 0.393 e. The van der Waals surface area contributed by atoms with Crippen molar-refractivity contribution in [3.8, 4) is 0 Å². The fourth-order valence-corrected chi connectivity index (χ4v) is 2.23. The lowest BCUT2D eigenvalue weighted by Gasteiger charge is -2.17. The van der Waals surface area contributed by atoms with E-state index in [4.69, 9.17) is 5.11 Å². The van der Waals surface area contributed by atoms with E-state index in [9.17, 15) is 9.18 Å². The summed E-state index contributed by atoms with van der Waals surface area (Å²) in [7, 11) is 0.